The number of rotatable bonds is 2. The first kappa shape index (κ1) is 20.9. The second-order valence-electron chi connectivity index (χ2n) is 10.6. The topological polar surface area (TPSA) is 4.41 Å². The molecule has 0 spiro atoms. The third kappa shape index (κ3) is 2.85. The van der Waals surface area contributed by atoms with Gasteiger partial charge in [-0.2, -0.15) is 0 Å². The summed E-state index contributed by atoms with van der Waals surface area (Å²) in [5.41, 5.74) is 8.92. The normalized spacial score (nSPS) is 12.1. The molecule has 0 bridgehead atoms. The Morgan fingerprint density at radius 2 is 0.821 bits per heavy atom. The van der Waals surface area contributed by atoms with Crippen LogP contribution in [0.1, 0.15) is 0 Å². The monoisotopic (exact) mass is 493 g/mol. The van der Waals surface area contributed by atoms with Crippen LogP contribution in [0.4, 0.5) is 0 Å². The molecule has 0 saturated heterocycles. The highest BCUT2D eigenvalue weighted by molar-refractivity contribution is 6.28. The van der Waals surface area contributed by atoms with E-state index in [1.54, 1.807) is 0 Å². The molecular formula is C38H23N. The molecule has 1 heteroatoms. The molecule has 2 aromatic heterocycles. The minimum atomic E-state index is 1.26. The van der Waals surface area contributed by atoms with E-state index in [4.69, 9.17) is 0 Å². The first-order valence-electron chi connectivity index (χ1n) is 13.5. The summed E-state index contributed by atoms with van der Waals surface area (Å²) >= 11 is 0. The standard InChI is InChI=1S/C38H23N/c1-3-10-26-22-28(20-18-24(26)8-1)30-12-6-16-34-36(30)32-14-5-15-33-37-31(13-7-17-35(37)39(34)38(32)33)29-21-19-25-9-2-4-11-27(25)23-29/h1-23H. The van der Waals surface area contributed by atoms with E-state index in [2.05, 4.69) is 144 Å². The van der Waals surface area contributed by atoms with Gasteiger partial charge >= 0.3 is 0 Å². The molecule has 7 aromatic carbocycles. The quantitative estimate of drug-likeness (QED) is 0.226. The van der Waals surface area contributed by atoms with Crippen LogP contribution in [-0.4, -0.2) is 4.40 Å². The highest BCUT2D eigenvalue weighted by Gasteiger charge is 2.21. The molecule has 0 fully saturated rings. The van der Waals surface area contributed by atoms with E-state index in [0.29, 0.717) is 0 Å². The molecule has 9 aromatic rings. The lowest BCUT2D eigenvalue weighted by Gasteiger charge is -2.09. The smallest absolute Gasteiger partial charge is 0.0620 e. The van der Waals surface area contributed by atoms with Crippen molar-refractivity contribution in [3.63, 3.8) is 0 Å². The third-order valence-electron chi connectivity index (χ3n) is 8.49. The summed E-state index contributed by atoms with van der Waals surface area (Å²) in [4.78, 5) is 0. The van der Waals surface area contributed by atoms with Gasteiger partial charge in [-0.05, 0) is 68.1 Å². The first-order chi connectivity index (χ1) is 19.3. The molecule has 0 saturated carbocycles. The SMILES string of the molecule is c1ccc2cc(-c3cccc4c3c3cccc5c6c(-c7ccc8ccccc8c7)cccc6n4c35)ccc2c1. The van der Waals surface area contributed by atoms with Crippen molar-refractivity contribution in [2.24, 2.45) is 0 Å². The Morgan fingerprint density at radius 1 is 0.359 bits per heavy atom. The van der Waals surface area contributed by atoms with E-state index in [0.717, 1.165) is 0 Å². The van der Waals surface area contributed by atoms with Crippen LogP contribution in [0, 0.1) is 0 Å². The van der Waals surface area contributed by atoms with Gasteiger partial charge in [0.05, 0.1) is 16.6 Å². The number of fused-ring (bicyclic) bond motifs is 8. The zero-order valence-corrected chi connectivity index (χ0v) is 21.2. The van der Waals surface area contributed by atoms with Gasteiger partial charge in [0.15, 0.2) is 0 Å². The van der Waals surface area contributed by atoms with Crippen molar-refractivity contribution < 1.29 is 0 Å². The summed E-state index contributed by atoms with van der Waals surface area (Å²) < 4.78 is 2.49. The molecule has 0 aliphatic heterocycles. The van der Waals surface area contributed by atoms with E-state index in [-0.39, 0.29) is 0 Å². The van der Waals surface area contributed by atoms with Gasteiger partial charge in [0.1, 0.15) is 0 Å². The number of hydrogen-bond acceptors (Lipinski definition) is 0. The molecule has 0 radical (unpaired) electrons. The van der Waals surface area contributed by atoms with Crippen LogP contribution in [0.15, 0.2) is 140 Å². The number of nitrogens with zero attached hydrogens (tertiary/aromatic N) is 1. The van der Waals surface area contributed by atoms with Gasteiger partial charge in [0.2, 0.25) is 0 Å². The van der Waals surface area contributed by atoms with Crippen LogP contribution in [-0.2, 0) is 0 Å². The Balaban J connectivity index is 1.38. The van der Waals surface area contributed by atoms with Crippen LogP contribution in [0.5, 0.6) is 0 Å². The largest absolute Gasteiger partial charge is 0.308 e. The number of aromatic nitrogens is 1. The van der Waals surface area contributed by atoms with E-state index < -0.39 is 0 Å². The molecule has 0 amide bonds. The minimum absolute atomic E-state index is 1.26. The molecule has 0 aliphatic carbocycles. The van der Waals surface area contributed by atoms with E-state index in [1.807, 2.05) is 0 Å². The predicted octanol–water partition coefficient (Wildman–Crippen LogP) is 10.5. The fourth-order valence-electron chi connectivity index (χ4n) is 6.77. The van der Waals surface area contributed by atoms with Crippen molar-refractivity contribution in [3.8, 4) is 22.3 Å². The van der Waals surface area contributed by atoms with Crippen molar-refractivity contribution in [1.29, 1.82) is 0 Å². The minimum Gasteiger partial charge on any atom is -0.308 e. The fraction of sp³-hybridized carbons (Fsp3) is 0. The third-order valence-corrected chi connectivity index (χ3v) is 8.49. The number of benzene rings is 7. The molecule has 0 aliphatic rings. The van der Waals surface area contributed by atoms with Gasteiger partial charge in [-0.3, -0.25) is 0 Å². The van der Waals surface area contributed by atoms with Crippen molar-refractivity contribution in [3.05, 3.63) is 140 Å². The zero-order chi connectivity index (χ0) is 25.5. The maximum Gasteiger partial charge on any atom is 0.0620 e. The van der Waals surface area contributed by atoms with Crippen molar-refractivity contribution in [1.82, 2.24) is 4.40 Å². The molecular weight excluding hydrogens is 470 g/mol. The van der Waals surface area contributed by atoms with Gasteiger partial charge in [0, 0.05) is 21.5 Å². The van der Waals surface area contributed by atoms with Crippen LogP contribution in [0.2, 0.25) is 0 Å². The Hall–Kier alpha value is -5.14. The van der Waals surface area contributed by atoms with Gasteiger partial charge in [-0.1, -0.05) is 115 Å². The van der Waals surface area contributed by atoms with Crippen LogP contribution in [0.3, 0.4) is 0 Å². The summed E-state index contributed by atoms with van der Waals surface area (Å²) in [7, 11) is 0. The summed E-state index contributed by atoms with van der Waals surface area (Å²) in [6, 6.07) is 51.2. The first-order valence-corrected chi connectivity index (χ1v) is 13.5. The van der Waals surface area contributed by atoms with Crippen molar-refractivity contribution >= 4 is 59.6 Å². The average molecular weight is 494 g/mol. The summed E-state index contributed by atoms with van der Waals surface area (Å²) in [6.07, 6.45) is 0. The van der Waals surface area contributed by atoms with Crippen molar-refractivity contribution in [2.45, 2.75) is 0 Å². The van der Waals surface area contributed by atoms with E-state index in [1.165, 1.54) is 81.9 Å². The highest BCUT2D eigenvalue weighted by Crippen LogP contribution is 2.45. The fourth-order valence-corrected chi connectivity index (χ4v) is 6.77. The second kappa shape index (κ2) is 7.69. The van der Waals surface area contributed by atoms with Gasteiger partial charge in [-0.25, -0.2) is 0 Å². The van der Waals surface area contributed by atoms with Crippen LogP contribution >= 0.6 is 0 Å². The zero-order valence-electron chi connectivity index (χ0n) is 21.2. The molecule has 39 heavy (non-hydrogen) atoms. The second-order valence-corrected chi connectivity index (χ2v) is 10.6. The summed E-state index contributed by atoms with van der Waals surface area (Å²) in [6.45, 7) is 0. The number of hydrogen-bond donors (Lipinski definition) is 0. The lowest BCUT2D eigenvalue weighted by molar-refractivity contribution is 1.37. The average Bonchev–Trinajstić information content (AvgIpc) is 3.53. The molecule has 0 N–H and O–H groups in total. The summed E-state index contributed by atoms with van der Waals surface area (Å²) in [5.74, 6) is 0. The lowest BCUT2D eigenvalue weighted by Crippen LogP contribution is -1.85. The van der Waals surface area contributed by atoms with E-state index >= 15 is 0 Å². The van der Waals surface area contributed by atoms with Crippen LogP contribution in [0.25, 0.3) is 81.9 Å². The Bertz CT molecular complexity index is 2220. The maximum atomic E-state index is 2.49. The van der Waals surface area contributed by atoms with Crippen molar-refractivity contribution in [2.75, 3.05) is 0 Å². The Labute approximate surface area is 225 Å². The maximum absolute atomic E-state index is 2.49. The summed E-state index contributed by atoms with van der Waals surface area (Å²) in [5, 5.41) is 10.4. The molecule has 0 unspecified atom stereocenters. The molecule has 2 heterocycles. The van der Waals surface area contributed by atoms with Gasteiger partial charge < -0.3 is 4.40 Å². The van der Waals surface area contributed by atoms with Gasteiger partial charge in [0.25, 0.3) is 0 Å². The molecule has 9 rings (SSSR count). The molecule has 0 atom stereocenters. The lowest BCUT2D eigenvalue weighted by atomic mass is 9.95. The molecule has 180 valence electrons. The van der Waals surface area contributed by atoms with Crippen LogP contribution < -0.4 is 0 Å². The Morgan fingerprint density at radius 3 is 1.33 bits per heavy atom. The van der Waals surface area contributed by atoms with E-state index in [9.17, 15) is 0 Å². The Kier molecular flexibility index (Phi) is 4.11. The number of para-hydroxylation sites is 1. The predicted molar refractivity (Wildman–Crippen MR) is 167 cm³/mol. The van der Waals surface area contributed by atoms with Gasteiger partial charge in [-0.15, -0.1) is 0 Å². The highest BCUT2D eigenvalue weighted by atomic mass is 14.9. The molecule has 1 nitrogen and oxygen atoms in total.